The van der Waals surface area contributed by atoms with E-state index < -0.39 is 0 Å². The quantitative estimate of drug-likeness (QED) is 0.873. The lowest BCUT2D eigenvalue weighted by atomic mass is 10.0. The number of amides is 1. The largest absolute Gasteiger partial charge is 0.395 e. The molecule has 0 radical (unpaired) electrons. The summed E-state index contributed by atoms with van der Waals surface area (Å²) in [5, 5.41) is 9.33. The van der Waals surface area contributed by atoms with E-state index in [0.29, 0.717) is 12.2 Å². The summed E-state index contributed by atoms with van der Waals surface area (Å²) in [6, 6.07) is 2.09. The molecule has 0 atom stereocenters. The first-order valence-electron chi connectivity index (χ1n) is 7.52. The lowest BCUT2D eigenvalue weighted by Gasteiger charge is -2.37. The van der Waals surface area contributed by atoms with Gasteiger partial charge in [0.15, 0.2) is 0 Å². The van der Waals surface area contributed by atoms with Crippen LogP contribution < -0.4 is 0 Å². The Kier molecular flexibility index (Phi) is 5.84. The third-order valence-electron chi connectivity index (χ3n) is 4.15. The fourth-order valence-electron chi connectivity index (χ4n) is 2.93. The van der Waals surface area contributed by atoms with E-state index in [0.717, 1.165) is 36.9 Å². The predicted molar refractivity (Wildman–Crippen MR) is 86.4 cm³/mol. The number of aliphatic hydroxyl groups is 1. The number of aliphatic hydroxyl groups excluding tert-OH is 1. The molecule has 0 aliphatic carbocycles. The Morgan fingerprint density at radius 1 is 1.48 bits per heavy atom. The van der Waals surface area contributed by atoms with E-state index in [1.165, 1.54) is 0 Å². The van der Waals surface area contributed by atoms with Crippen LogP contribution >= 0.6 is 15.9 Å². The topological polar surface area (TPSA) is 48.7 Å². The second-order valence-corrected chi connectivity index (χ2v) is 6.50. The number of hydrogen-bond acceptors (Lipinski definition) is 3. The van der Waals surface area contributed by atoms with Crippen LogP contribution in [0.25, 0.3) is 0 Å². The summed E-state index contributed by atoms with van der Waals surface area (Å²) in [5.74, 6) is 0.0196. The van der Waals surface area contributed by atoms with Gasteiger partial charge in [0.05, 0.1) is 6.61 Å². The number of nitrogens with zero attached hydrogens (tertiary/aromatic N) is 3. The third kappa shape index (κ3) is 3.87. The molecule has 1 fully saturated rings. The zero-order chi connectivity index (χ0) is 15.4. The standard InChI is InChI=1S/C15H24BrN3O2/c1-3-18-11-12(16)10-14(18)15(21)19(8-9-20)13-4-6-17(2)7-5-13/h10-11,13,20H,3-9H2,1-2H3. The van der Waals surface area contributed by atoms with Gasteiger partial charge in [-0.3, -0.25) is 4.79 Å². The lowest BCUT2D eigenvalue weighted by molar-refractivity contribution is 0.0529. The summed E-state index contributed by atoms with van der Waals surface area (Å²) in [5.41, 5.74) is 0.691. The number of rotatable bonds is 5. The van der Waals surface area contributed by atoms with Gasteiger partial charge >= 0.3 is 0 Å². The van der Waals surface area contributed by atoms with E-state index in [1.807, 2.05) is 28.7 Å². The molecule has 118 valence electrons. The molecule has 0 aromatic carbocycles. The molecule has 0 bridgehead atoms. The van der Waals surface area contributed by atoms with Gasteiger partial charge in [-0.1, -0.05) is 0 Å². The van der Waals surface area contributed by atoms with Crippen molar-refractivity contribution in [3.63, 3.8) is 0 Å². The average Bonchev–Trinajstić information content (AvgIpc) is 2.86. The SMILES string of the molecule is CCn1cc(Br)cc1C(=O)N(CCO)C1CCN(C)CC1. The van der Waals surface area contributed by atoms with E-state index in [-0.39, 0.29) is 18.6 Å². The van der Waals surface area contributed by atoms with Crippen LogP contribution in [0, 0.1) is 0 Å². The van der Waals surface area contributed by atoms with Crippen molar-refractivity contribution in [3.05, 3.63) is 22.4 Å². The summed E-state index contributed by atoms with van der Waals surface area (Å²) >= 11 is 3.44. The zero-order valence-corrected chi connectivity index (χ0v) is 14.3. The van der Waals surface area contributed by atoms with Crippen molar-refractivity contribution in [1.82, 2.24) is 14.4 Å². The predicted octanol–water partition coefficient (Wildman–Crippen LogP) is 1.80. The van der Waals surface area contributed by atoms with Gasteiger partial charge in [0.25, 0.3) is 5.91 Å². The first-order chi connectivity index (χ1) is 10.1. The van der Waals surface area contributed by atoms with Crippen molar-refractivity contribution in [2.75, 3.05) is 33.3 Å². The summed E-state index contributed by atoms with van der Waals surface area (Å²) < 4.78 is 2.87. The second-order valence-electron chi connectivity index (χ2n) is 5.59. The molecule has 1 aromatic rings. The summed E-state index contributed by atoms with van der Waals surface area (Å²) in [7, 11) is 2.10. The number of hydrogen-bond donors (Lipinski definition) is 1. The van der Waals surface area contributed by atoms with Crippen LogP contribution in [-0.4, -0.2) is 64.7 Å². The molecule has 0 spiro atoms. The molecule has 1 aliphatic rings. The average molecular weight is 358 g/mol. The summed E-state index contributed by atoms with van der Waals surface area (Å²) in [4.78, 5) is 17.0. The van der Waals surface area contributed by atoms with Crippen molar-refractivity contribution < 1.29 is 9.90 Å². The molecule has 21 heavy (non-hydrogen) atoms. The highest BCUT2D eigenvalue weighted by Gasteiger charge is 2.28. The summed E-state index contributed by atoms with van der Waals surface area (Å²) in [6.45, 7) is 5.19. The van der Waals surface area contributed by atoms with Crippen LogP contribution in [0.15, 0.2) is 16.7 Å². The Morgan fingerprint density at radius 2 is 2.14 bits per heavy atom. The fourth-order valence-corrected chi connectivity index (χ4v) is 3.39. The third-order valence-corrected chi connectivity index (χ3v) is 4.59. The highest BCUT2D eigenvalue weighted by Crippen LogP contribution is 2.21. The molecule has 1 aromatic heterocycles. The Morgan fingerprint density at radius 3 is 2.71 bits per heavy atom. The number of aromatic nitrogens is 1. The van der Waals surface area contributed by atoms with Crippen LogP contribution in [0.1, 0.15) is 30.3 Å². The first-order valence-corrected chi connectivity index (χ1v) is 8.32. The van der Waals surface area contributed by atoms with E-state index in [9.17, 15) is 9.90 Å². The van der Waals surface area contributed by atoms with Gasteiger partial charge in [0.1, 0.15) is 5.69 Å². The van der Waals surface area contributed by atoms with Crippen LogP contribution in [-0.2, 0) is 6.54 Å². The maximum atomic E-state index is 12.9. The van der Waals surface area contributed by atoms with Crippen molar-refractivity contribution in [1.29, 1.82) is 0 Å². The minimum absolute atomic E-state index is 0.00603. The number of carbonyl (C=O) groups is 1. The van der Waals surface area contributed by atoms with Crippen LogP contribution in [0.3, 0.4) is 0 Å². The van der Waals surface area contributed by atoms with E-state index in [2.05, 4.69) is 27.9 Å². The van der Waals surface area contributed by atoms with Crippen molar-refractivity contribution in [2.24, 2.45) is 0 Å². The van der Waals surface area contributed by atoms with Crippen LogP contribution in [0.2, 0.25) is 0 Å². The van der Waals surface area contributed by atoms with Crippen molar-refractivity contribution >= 4 is 21.8 Å². The number of likely N-dealkylation sites (tertiary alicyclic amines) is 1. The van der Waals surface area contributed by atoms with Gasteiger partial charge in [0, 0.05) is 29.8 Å². The molecular formula is C15H24BrN3O2. The molecule has 1 amide bonds. The monoisotopic (exact) mass is 357 g/mol. The Balaban J connectivity index is 2.18. The van der Waals surface area contributed by atoms with Gasteiger partial charge in [-0.25, -0.2) is 0 Å². The first kappa shape index (κ1) is 16.5. The molecule has 2 rings (SSSR count). The van der Waals surface area contributed by atoms with Gasteiger partial charge in [-0.2, -0.15) is 0 Å². The molecule has 5 nitrogen and oxygen atoms in total. The normalized spacial score (nSPS) is 17.1. The Labute approximate surface area is 134 Å². The Bertz CT molecular complexity index is 481. The highest BCUT2D eigenvalue weighted by atomic mass is 79.9. The number of aryl methyl sites for hydroxylation is 1. The van der Waals surface area contributed by atoms with E-state index in [1.54, 1.807) is 0 Å². The molecule has 0 unspecified atom stereocenters. The summed E-state index contributed by atoms with van der Waals surface area (Å²) in [6.07, 6.45) is 3.87. The van der Waals surface area contributed by atoms with Crippen molar-refractivity contribution in [3.8, 4) is 0 Å². The van der Waals surface area contributed by atoms with Gasteiger partial charge in [-0.15, -0.1) is 0 Å². The number of piperidine rings is 1. The molecule has 6 heteroatoms. The smallest absolute Gasteiger partial charge is 0.270 e. The van der Waals surface area contributed by atoms with E-state index >= 15 is 0 Å². The maximum Gasteiger partial charge on any atom is 0.270 e. The van der Waals surface area contributed by atoms with Gasteiger partial charge in [0.2, 0.25) is 0 Å². The zero-order valence-electron chi connectivity index (χ0n) is 12.8. The molecule has 1 saturated heterocycles. The van der Waals surface area contributed by atoms with E-state index in [4.69, 9.17) is 0 Å². The number of halogens is 1. The highest BCUT2D eigenvalue weighted by molar-refractivity contribution is 9.10. The van der Waals surface area contributed by atoms with Gasteiger partial charge in [-0.05, 0) is 61.9 Å². The molecule has 1 aliphatic heterocycles. The molecule has 0 saturated carbocycles. The molecule has 1 N–H and O–H groups in total. The number of carbonyl (C=O) groups excluding carboxylic acids is 1. The minimum Gasteiger partial charge on any atom is -0.395 e. The Hall–Kier alpha value is -0.850. The fraction of sp³-hybridized carbons (Fsp3) is 0.667. The molecule has 2 heterocycles. The second kappa shape index (κ2) is 7.42. The maximum absolute atomic E-state index is 12.9. The molecular weight excluding hydrogens is 334 g/mol. The van der Waals surface area contributed by atoms with Crippen LogP contribution in [0.5, 0.6) is 0 Å². The lowest BCUT2D eigenvalue weighted by Crippen LogP contribution is -2.48. The minimum atomic E-state index is 0.00603. The van der Waals surface area contributed by atoms with Crippen molar-refractivity contribution in [2.45, 2.75) is 32.4 Å². The van der Waals surface area contributed by atoms with Crippen LogP contribution in [0.4, 0.5) is 0 Å². The van der Waals surface area contributed by atoms with Gasteiger partial charge < -0.3 is 19.5 Å².